The molecule has 6 heteroatoms. The second-order valence-electron chi connectivity index (χ2n) is 1.80. The number of hydrogen-bond donors (Lipinski definition) is 1. The van der Waals surface area contributed by atoms with Crippen LogP contribution in [-0.4, -0.2) is 21.2 Å². The lowest BCUT2D eigenvalue weighted by molar-refractivity contribution is -0.0558. The van der Waals surface area contributed by atoms with Crippen molar-refractivity contribution < 1.29 is 13.2 Å². The van der Waals surface area contributed by atoms with E-state index in [0.717, 1.165) is 0 Å². The van der Waals surface area contributed by atoms with Crippen LogP contribution < -0.4 is 0 Å². The molecule has 1 rings (SSSR count). The molecule has 0 aromatic carbocycles. The van der Waals surface area contributed by atoms with Crippen molar-refractivity contribution in [2.45, 2.75) is 6.18 Å². The fourth-order valence-corrected chi connectivity index (χ4v) is 0.649. The zero-order valence-electron chi connectivity index (χ0n) is 5.14. The maximum Gasteiger partial charge on any atom is 0.428 e. The van der Waals surface area contributed by atoms with Gasteiger partial charge in [-0.05, 0) is 6.07 Å². The van der Waals surface area contributed by atoms with Crippen LogP contribution in [0.2, 0.25) is 0 Å². The smallest absolute Gasteiger partial charge is 0.277 e. The highest BCUT2D eigenvalue weighted by molar-refractivity contribution is 7.81. The topological polar surface area (TPSA) is 28.7 Å². The highest BCUT2D eigenvalue weighted by Crippen LogP contribution is 2.20. The van der Waals surface area contributed by atoms with Crippen molar-refractivity contribution >= 4 is 17.1 Å². The summed E-state index contributed by atoms with van der Waals surface area (Å²) in [5.41, 5.74) is -0.174. The van der Waals surface area contributed by atoms with Crippen molar-refractivity contribution in [1.29, 1.82) is 0 Å². The molecule has 1 aromatic rings. The summed E-state index contributed by atoms with van der Waals surface area (Å²) < 4.78 is 35.5. The second-order valence-corrected chi connectivity index (χ2v) is 2.21. The van der Waals surface area contributed by atoms with E-state index in [4.69, 9.17) is 0 Å². The van der Waals surface area contributed by atoms with Crippen LogP contribution in [0.3, 0.4) is 0 Å². The van der Waals surface area contributed by atoms with E-state index in [9.17, 15) is 13.2 Å². The number of aromatic nitrogens is 2. The summed E-state index contributed by atoms with van der Waals surface area (Å²) in [5, 5.41) is 5.48. The molecule has 2 nitrogen and oxygen atoms in total. The van der Waals surface area contributed by atoms with Gasteiger partial charge in [-0.3, -0.25) is 5.10 Å². The molecular formula is C5H3F3N2S. The second kappa shape index (κ2) is 2.61. The van der Waals surface area contributed by atoms with Crippen LogP contribution in [0.15, 0.2) is 12.3 Å². The summed E-state index contributed by atoms with van der Waals surface area (Å²) in [6.45, 7) is 0. The number of hydrogen-bond acceptors (Lipinski definition) is 2. The molecule has 0 spiro atoms. The molecule has 60 valence electrons. The number of H-pyrrole nitrogens is 1. The van der Waals surface area contributed by atoms with E-state index >= 15 is 0 Å². The summed E-state index contributed by atoms with van der Waals surface area (Å²) in [7, 11) is 0. The Morgan fingerprint density at radius 3 is 2.55 bits per heavy atom. The molecule has 1 N–H and O–H groups in total. The third-order valence-electron chi connectivity index (χ3n) is 1.00. The number of alkyl halides is 3. The predicted molar refractivity (Wildman–Crippen MR) is 36.3 cm³/mol. The van der Waals surface area contributed by atoms with Gasteiger partial charge in [0, 0.05) is 6.20 Å². The van der Waals surface area contributed by atoms with Gasteiger partial charge in [-0.2, -0.15) is 18.3 Å². The quantitative estimate of drug-likeness (QED) is 0.526. The Labute approximate surface area is 65.4 Å². The number of halogens is 3. The van der Waals surface area contributed by atoms with E-state index < -0.39 is 11.0 Å². The van der Waals surface area contributed by atoms with E-state index in [1.165, 1.54) is 12.3 Å². The predicted octanol–water partition coefficient (Wildman–Crippen LogP) is 1.69. The molecule has 0 radical (unpaired) electrons. The maximum absolute atomic E-state index is 11.8. The van der Waals surface area contributed by atoms with Gasteiger partial charge in [0.1, 0.15) is 4.86 Å². The lowest BCUT2D eigenvalue weighted by Gasteiger charge is -2.04. The van der Waals surface area contributed by atoms with E-state index in [-0.39, 0.29) is 5.69 Å². The number of rotatable bonds is 1. The fraction of sp³-hybridized carbons (Fsp3) is 0.200. The lowest BCUT2D eigenvalue weighted by Crippen LogP contribution is -2.21. The van der Waals surface area contributed by atoms with E-state index in [2.05, 4.69) is 22.4 Å². The van der Waals surface area contributed by atoms with Crippen LogP contribution in [0.1, 0.15) is 5.69 Å². The lowest BCUT2D eigenvalue weighted by atomic mass is 10.3. The fourth-order valence-electron chi connectivity index (χ4n) is 0.535. The Balaban J connectivity index is 2.88. The largest absolute Gasteiger partial charge is 0.428 e. The highest BCUT2D eigenvalue weighted by Gasteiger charge is 2.35. The average molecular weight is 180 g/mol. The first kappa shape index (κ1) is 8.19. The van der Waals surface area contributed by atoms with Crippen molar-refractivity contribution in [3.05, 3.63) is 18.0 Å². The van der Waals surface area contributed by atoms with Gasteiger partial charge in [-0.1, -0.05) is 12.2 Å². The summed E-state index contributed by atoms with van der Waals surface area (Å²) in [6, 6.07) is 1.18. The molecule has 0 fully saturated rings. The van der Waals surface area contributed by atoms with Crippen LogP contribution in [0.4, 0.5) is 13.2 Å². The Hall–Kier alpha value is -0.910. The van der Waals surface area contributed by atoms with Gasteiger partial charge in [-0.25, -0.2) is 0 Å². The minimum absolute atomic E-state index is 0.174. The average Bonchev–Trinajstić information content (AvgIpc) is 2.34. The summed E-state index contributed by atoms with van der Waals surface area (Å²) in [6.07, 6.45) is -3.24. The van der Waals surface area contributed by atoms with Crippen molar-refractivity contribution in [3.63, 3.8) is 0 Å². The molecule has 0 amide bonds. The molecule has 0 saturated heterocycles. The monoisotopic (exact) mass is 180 g/mol. The van der Waals surface area contributed by atoms with Crippen LogP contribution >= 0.6 is 12.2 Å². The molecule has 0 saturated carbocycles. The molecule has 0 aliphatic rings. The van der Waals surface area contributed by atoms with Gasteiger partial charge in [0.2, 0.25) is 0 Å². The van der Waals surface area contributed by atoms with Crippen molar-refractivity contribution in [2.75, 3.05) is 0 Å². The van der Waals surface area contributed by atoms with E-state index in [1.807, 2.05) is 0 Å². The first-order chi connectivity index (χ1) is 5.02. The Bertz CT molecular complexity index is 251. The number of nitrogens with zero attached hydrogens (tertiary/aromatic N) is 1. The summed E-state index contributed by atoms with van der Waals surface area (Å²) >= 11 is 4.12. The maximum atomic E-state index is 11.8. The first-order valence-corrected chi connectivity index (χ1v) is 3.03. The van der Waals surface area contributed by atoms with Crippen LogP contribution in [0.5, 0.6) is 0 Å². The van der Waals surface area contributed by atoms with Gasteiger partial charge in [0.05, 0.1) is 5.69 Å². The van der Waals surface area contributed by atoms with Crippen molar-refractivity contribution in [1.82, 2.24) is 10.2 Å². The molecule has 0 aliphatic carbocycles. The van der Waals surface area contributed by atoms with Gasteiger partial charge in [-0.15, -0.1) is 0 Å². The number of nitrogens with one attached hydrogen (secondary N) is 1. The Morgan fingerprint density at radius 1 is 1.55 bits per heavy atom. The molecule has 1 heterocycles. The minimum atomic E-state index is -4.46. The van der Waals surface area contributed by atoms with Crippen LogP contribution in [0.25, 0.3) is 0 Å². The Morgan fingerprint density at radius 2 is 2.18 bits per heavy atom. The molecule has 11 heavy (non-hydrogen) atoms. The third kappa shape index (κ3) is 1.76. The molecule has 0 aliphatic heterocycles. The van der Waals surface area contributed by atoms with Gasteiger partial charge in [0.15, 0.2) is 0 Å². The van der Waals surface area contributed by atoms with Crippen molar-refractivity contribution in [2.24, 2.45) is 0 Å². The molecule has 0 unspecified atom stereocenters. The van der Waals surface area contributed by atoms with Gasteiger partial charge >= 0.3 is 6.18 Å². The number of aromatic amines is 1. The molecule has 0 atom stereocenters. The Kier molecular flexibility index (Phi) is 1.95. The molecular weight excluding hydrogens is 177 g/mol. The minimum Gasteiger partial charge on any atom is -0.277 e. The summed E-state index contributed by atoms with van der Waals surface area (Å²) in [4.78, 5) is -1.07. The SMILES string of the molecule is FC(F)(F)C(=S)c1ccn[nH]1. The summed E-state index contributed by atoms with van der Waals surface area (Å²) in [5.74, 6) is 0. The zero-order chi connectivity index (χ0) is 8.48. The van der Waals surface area contributed by atoms with E-state index in [1.54, 1.807) is 0 Å². The zero-order valence-corrected chi connectivity index (χ0v) is 5.96. The third-order valence-corrected chi connectivity index (χ3v) is 1.45. The van der Waals surface area contributed by atoms with Gasteiger partial charge in [0.25, 0.3) is 0 Å². The molecule has 1 aromatic heterocycles. The highest BCUT2D eigenvalue weighted by atomic mass is 32.1. The molecule has 0 bridgehead atoms. The standard InChI is InChI=1S/C5H3F3N2S/c6-5(7,8)4(11)3-1-2-9-10-3/h1-2H,(H,9,10). The van der Waals surface area contributed by atoms with E-state index in [0.29, 0.717) is 0 Å². The van der Waals surface area contributed by atoms with Gasteiger partial charge < -0.3 is 0 Å². The normalized spacial score (nSPS) is 11.5. The van der Waals surface area contributed by atoms with Crippen LogP contribution in [-0.2, 0) is 0 Å². The van der Waals surface area contributed by atoms with Crippen LogP contribution in [0, 0.1) is 0 Å². The van der Waals surface area contributed by atoms with Crippen molar-refractivity contribution in [3.8, 4) is 0 Å². The number of thiocarbonyl (C=S) groups is 1. The first-order valence-electron chi connectivity index (χ1n) is 2.62.